The summed E-state index contributed by atoms with van der Waals surface area (Å²) in [7, 11) is 0. The van der Waals surface area contributed by atoms with Crippen molar-refractivity contribution in [1.82, 2.24) is 20.3 Å². The van der Waals surface area contributed by atoms with Gasteiger partial charge in [0.05, 0.1) is 16.7 Å². The van der Waals surface area contributed by atoms with Crippen molar-refractivity contribution >= 4 is 16.9 Å². The zero-order valence-corrected chi connectivity index (χ0v) is 11.0. The van der Waals surface area contributed by atoms with Crippen LogP contribution in [0.25, 0.3) is 22.6 Å². The Morgan fingerprint density at radius 2 is 2.15 bits per heavy atom. The molecule has 3 heterocycles. The lowest BCUT2D eigenvalue weighted by Crippen LogP contribution is -2.30. The molecule has 3 aromatic rings. The summed E-state index contributed by atoms with van der Waals surface area (Å²) in [6.07, 6.45) is 3.00. The monoisotopic (exact) mass is 265 g/mol. The highest BCUT2D eigenvalue weighted by molar-refractivity contribution is 6.01. The average molecular weight is 265 g/mol. The van der Waals surface area contributed by atoms with Crippen LogP contribution in [0.15, 0.2) is 41.5 Å². The van der Waals surface area contributed by atoms with E-state index >= 15 is 0 Å². The third-order valence-electron chi connectivity index (χ3n) is 3.51. The minimum Gasteiger partial charge on any atom is -0.370 e. The summed E-state index contributed by atoms with van der Waals surface area (Å²) in [5.41, 5.74) is 4.10. The Labute approximate surface area is 116 Å². The Balaban J connectivity index is 1.77. The van der Waals surface area contributed by atoms with Gasteiger partial charge in [-0.05, 0) is 36.8 Å². The lowest BCUT2D eigenvalue weighted by molar-refractivity contribution is 0.742. The van der Waals surface area contributed by atoms with Gasteiger partial charge in [0.1, 0.15) is 5.84 Å². The molecule has 1 aromatic carbocycles. The zero-order valence-electron chi connectivity index (χ0n) is 11.0. The highest BCUT2D eigenvalue weighted by Crippen LogP contribution is 2.20. The quantitative estimate of drug-likeness (QED) is 0.665. The number of hydrogen-bond acceptors (Lipinski definition) is 3. The fourth-order valence-corrected chi connectivity index (χ4v) is 2.49. The van der Waals surface area contributed by atoms with Crippen LogP contribution < -0.4 is 5.32 Å². The number of aromatic nitrogens is 3. The summed E-state index contributed by atoms with van der Waals surface area (Å²) in [5.74, 6) is 1.84. The molecule has 5 nitrogen and oxygen atoms in total. The summed E-state index contributed by atoms with van der Waals surface area (Å²) in [6, 6.07) is 10.2. The number of rotatable bonds is 2. The van der Waals surface area contributed by atoms with Crippen molar-refractivity contribution in [3.05, 3.63) is 42.1 Å². The van der Waals surface area contributed by atoms with Gasteiger partial charge in [-0.2, -0.15) is 0 Å². The highest BCUT2D eigenvalue weighted by atomic mass is 15.0. The van der Waals surface area contributed by atoms with Crippen molar-refractivity contribution < 1.29 is 0 Å². The first-order chi connectivity index (χ1) is 9.90. The van der Waals surface area contributed by atoms with Crippen LogP contribution in [-0.2, 0) is 0 Å². The van der Waals surface area contributed by atoms with E-state index in [4.69, 9.17) is 0 Å². The van der Waals surface area contributed by atoms with Gasteiger partial charge in [0.2, 0.25) is 0 Å². The molecular weight excluding hydrogens is 250 g/mol. The third kappa shape index (κ3) is 1.87. The molecule has 0 aliphatic carbocycles. The van der Waals surface area contributed by atoms with Gasteiger partial charge in [-0.25, -0.2) is 4.98 Å². The number of aliphatic imine (C=N–C) groups is 1. The zero-order chi connectivity index (χ0) is 13.4. The molecule has 0 saturated carbocycles. The number of fused-ring (bicyclic) bond motifs is 1. The Hall–Kier alpha value is -2.56. The van der Waals surface area contributed by atoms with Gasteiger partial charge in [0, 0.05) is 24.8 Å². The lowest BCUT2D eigenvalue weighted by atomic mass is 10.1. The number of H-pyrrole nitrogens is 2. The lowest BCUT2D eigenvalue weighted by Gasteiger charge is -2.14. The summed E-state index contributed by atoms with van der Waals surface area (Å²) in [4.78, 5) is 15.6. The molecule has 5 heteroatoms. The molecule has 100 valence electrons. The van der Waals surface area contributed by atoms with Crippen LogP contribution in [0.2, 0.25) is 0 Å². The standard InChI is InChI=1S/C15H15N5/c1-3-12(16-6-1)15-19-11-5-4-10(9-13(11)20-15)14-17-7-2-8-18-14/h1,3-6,9,16H,2,7-8H2,(H,17,18)(H,19,20). The SMILES string of the molecule is c1c[nH]c(-c2nc3ccc(C4=NCCCN4)cc3[nH]2)c1. The van der Waals surface area contributed by atoms with Crippen LogP contribution in [0.1, 0.15) is 12.0 Å². The van der Waals surface area contributed by atoms with Crippen LogP contribution in [-0.4, -0.2) is 33.9 Å². The largest absolute Gasteiger partial charge is 0.370 e. The molecule has 3 N–H and O–H groups in total. The number of nitrogens with zero attached hydrogens (tertiary/aromatic N) is 2. The molecule has 0 bridgehead atoms. The summed E-state index contributed by atoms with van der Waals surface area (Å²) < 4.78 is 0. The second-order valence-electron chi connectivity index (χ2n) is 4.91. The maximum absolute atomic E-state index is 4.59. The topological polar surface area (TPSA) is 68.9 Å². The molecule has 0 spiro atoms. The van der Waals surface area contributed by atoms with E-state index in [1.54, 1.807) is 0 Å². The van der Waals surface area contributed by atoms with Gasteiger partial charge >= 0.3 is 0 Å². The maximum Gasteiger partial charge on any atom is 0.154 e. The fourth-order valence-electron chi connectivity index (χ4n) is 2.49. The van der Waals surface area contributed by atoms with Crippen molar-refractivity contribution in [3.63, 3.8) is 0 Å². The first kappa shape index (κ1) is 11.3. The maximum atomic E-state index is 4.59. The smallest absolute Gasteiger partial charge is 0.154 e. The van der Waals surface area contributed by atoms with Crippen molar-refractivity contribution in [1.29, 1.82) is 0 Å². The van der Waals surface area contributed by atoms with Crippen LogP contribution >= 0.6 is 0 Å². The molecular formula is C15H15N5. The summed E-state index contributed by atoms with van der Waals surface area (Å²) in [5, 5.41) is 3.34. The molecule has 2 aromatic heterocycles. The highest BCUT2D eigenvalue weighted by Gasteiger charge is 2.10. The molecule has 0 radical (unpaired) electrons. The average Bonchev–Trinajstić information content (AvgIpc) is 3.16. The van der Waals surface area contributed by atoms with Crippen LogP contribution in [0.4, 0.5) is 0 Å². The summed E-state index contributed by atoms with van der Waals surface area (Å²) >= 11 is 0. The second kappa shape index (κ2) is 4.52. The van der Waals surface area contributed by atoms with E-state index in [9.17, 15) is 0 Å². The van der Waals surface area contributed by atoms with Gasteiger partial charge in [-0.1, -0.05) is 0 Å². The third-order valence-corrected chi connectivity index (χ3v) is 3.51. The van der Waals surface area contributed by atoms with E-state index in [2.05, 4.69) is 37.4 Å². The van der Waals surface area contributed by atoms with Crippen molar-refractivity contribution in [2.24, 2.45) is 4.99 Å². The molecule has 1 aliphatic rings. The number of benzene rings is 1. The first-order valence-electron chi connectivity index (χ1n) is 6.82. The number of hydrogen-bond donors (Lipinski definition) is 3. The van der Waals surface area contributed by atoms with Crippen molar-refractivity contribution in [2.45, 2.75) is 6.42 Å². The van der Waals surface area contributed by atoms with E-state index in [1.165, 1.54) is 0 Å². The molecule has 4 rings (SSSR count). The Morgan fingerprint density at radius 1 is 1.15 bits per heavy atom. The number of aromatic amines is 2. The normalized spacial score (nSPS) is 15.1. The summed E-state index contributed by atoms with van der Waals surface area (Å²) in [6.45, 7) is 1.89. The molecule has 0 fully saturated rings. The second-order valence-corrected chi connectivity index (χ2v) is 4.91. The first-order valence-corrected chi connectivity index (χ1v) is 6.82. The number of imidazole rings is 1. The van der Waals surface area contributed by atoms with Gasteiger partial charge < -0.3 is 15.3 Å². The molecule has 0 saturated heterocycles. The van der Waals surface area contributed by atoms with Crippen LogP contribution in [0.5, 0.6) is 0 Å². The molecule has 1 aliphatic heterocycles. The van der Waals surface area contributed by atoms with Gasteiger partial charge in [-0.3, -0.25) is 4.99 Å². The van der Waals surface area contributed by atoms with E-state index in [1.807, 2.05) is 24.4 Å². The minimum absolute atomic E-state index is 0.862. The number of amidine groups is 1. The molecule has 0 atom stereocenters. The van der Waals surface area contributed by atoms with E-state index in [0.717, 1.165) is 53.5 Å². The molecule has 0 amide bonds. The molecule has 20 heavy (non-hydrogen) atoms. The van der Waals surface area contributed by atoms with Crippen LogP contribution in [0, 0.1) is 0 Å². The van der Waals surface area contributed by atoms with E-state index in [-0.39, 0.29) is 0 Å². The minimum atomic E-state index is 0.862. The van der Waals surface area contributed by atoms with Crippen LogP contribution in [0.3, 0.4) is 0 Å². The fraction of sp³-hybridized carbons (Fsp3) is 0.200. The predicted molar refractivity (Wildman–Crippen MR) is 79.9 cm³/mol. The van der Waals surface area contributed by atoms with Gasteiger partial charge in [-0.15, -0.1) is 0 Å². The Bertz CT molecular complexity index is 767. The van der Waals surface area contributed by atoms with Crippen molar-refractivity contribution in [3.8, 4) is 11.5 Å². The Kier molecular flexibility index (Phi) is 2.55. The van der Waals surface area contributed by atoms with E-state index in [0.29, 0.717) is 0 Å². The molecule has 0 unspecified atom stereocenters. The van der Waals surface area contributed by atoms with Crippen molar-refractivity contribution in [2.75, 3.05) is 13.1 Å². The van der Waals surface area contributed by atoms with Gasteiger partial charge in [0.15, 0.2) is 5.82 Å². The number of nitrogens with one attached hydrogen (secondary N) is 3. The van der Waals surface area contributed by atoms with Gasteiger partial charge in [0.25, 0.3) is 0 Å². The Morgan fingerprint density at radius 3 is 2.95 bits per heavy atom. The van der Waals surface area contributed by atoms with E-state index < -0.39 is 0 Å². The predicted octanol–water partition coefficient (Wildman–Crippen LogP) is 2.30.